The van der Waals surface area contributed by atoms with Crippen LogP contribution in [0.5, 0.6) is 5.75 Å². The standard InChI is InChI=1S/C15H21Cl2NO2/c1-10-2-4-15(20,5-3-10)9-18-8-11-6-12(16)7-13(17)14(11)19/h6-7,10,18-20H,2-5,8-9H2,1H3. The SMILES string of the molecule is CC1CCC(O)(CNCc2cc(Cl)cc(Cl)c2O)CC1. The Morgan fingerprint density at radius 3 is 2.60 bits per heavy atom. The average molecular weight is 318 g/mol. The van der Waals surface area contributed by atoms with Crippen molar-refractivity contribution in [3.8, 4) is 5.75 Å². The monoisotopic (exact) mass is 317 g/mol. The van der Waals surface area contributed by atoms with E-state index < -0.39 is 5.60 Å². The van der Waals surface area contributed by atoms with Crippen molar-refractivity contribution in [2.75, 3.05) is 6.54 Å². The molecular formula is C15H21Cl2NO2. The maximum Gasteiger partial charge on any atom is 0.138 e. The van der Waals surface area contributed by atoms with Gasteiger partial charge in [0.25, 0.3) is 0 Å². The molecule has 0 heterocycles. The number of phenolic OH excluding ortho intramolecular Hbond substituents is 1. The normalized spacial score (nSPS) is 26.7. The number of phenols is 1. The lowest BCUT2D eigenvalue weighted by molar-refractivity contribution is -0.00633. The van der Waals surface area contributed by atoms with Crippen molar-refractivity contribution in [3.63, 3.8) is 0 Å². The van der Waals surface area contributed by atoms with E-state index in [4.69, 9.17) is 23.2 Å². The zero-order chi connectivity index (χ0) is 14.8. The molecule has 0 bridgehead atoms. The minimum absolute atomic E-state index is 0.0489. The van der Waals surface area contributed by atoms with Crippen molar-refractivity contribution in [2.24, 2.45) is 5.92 Å². The van der Waals surface area contributed by atoms with E-state index in [1.54, 1.807) is 6.07 Å². The summed E-state index contributed by atoms with van der Waals surface area (Å²) < 4.78 is 0. The summed E-state index contributed by atoms with van der Waals surface area (Å²) in [5.74, 6) is 0.749. The van der Waals surface area contributed by atoms with E-state index in [9.17, 15) is 10.2 Å². The molecule has 1 fully saturated rings. The van der Waals surface area contributed by atoms with Gasteiger partial charge in [-0.15, -0.1) is 0 Å². The van der Waals surface area contributed by atoms with Crippen LogP contribution in [0.1, 0.15) is 38.2 Å². The van der Waals surface area contributed by atoms with E-state index in [-0.39, 0.29) is 10.8 Å². The first-order valence-electron chi connectivity index (χ1n) is 7.00. The Kier molecular flexibility index (Phi) is 5.19. The summed E-state index contributed by atoms with van der Waals surface area (Å²) in [6.45, 7) is 3.17. The molecule has 0 aliphatic heterocycles. The smallest absolute Gasteiger partial charge is 0.138 e. The molecule has 0 radical (unpaired) electrons. The van der Waals surface area contributed by atoms with Gasteiger partial charge in [-0.3, -0.25) is 0 Å². The van der Waals surface area contributed by atoms with Gasteiger partial charge >= 0.3 is 0 Å². The maximum atomic E-state index is 10.5. The van der Waals surface area contributed by atoms with Crippen LogP contribution in [0.25, 0.3) is 0 Å². The van der Waals surface area contributed by atoms with Crippen LogP contribution in [-0.2, 0) is 6.54 Å². The first-order valence-corrected chi connectivity index (χ1v) is 7.75. The molecule has 0 spiro atoms. The summed E-state index contributed by atoms with van der Waals surface area (Å²) in [4.78, 5) is 0. The van der Waals surface area contributed by atoms with Gasteiger partial charge in [0.05, 0.1) is 10.6 Å². The number of rotatable bonds is 4. The van der Waals surface area contributed by atoms with E-state index in [1.807, 2.05) is 0 Å². The molecule has 1 aromatic carbocycles. The molecular weight excluding hydrogens is 297 g/mol. The lowest BCUT2D eigenvalue weighted by atomic mass is 9.79. The highest BCUT2D eigenvalue weighted by Crippen LogP contribution is 2.33. The second kappa shape index (κ2) is 6.52. The molecule has 0 atom stereocenters. The van der Waals surface area contributed by atoms with Crippen LogP contribution in [-0.4, -0.2) is 22.4 Å². The van der Waals surface area contributed by atoms with Gasteiger partial charge in [0.1, 0.15) is 5.75 Å². The molecule has 1 aromatic rings. The van der Waals surface area contributed by atoms with Crippen molar-refractivity contribution >= 4 is 23.2 Å². The Bertz CT molecular complexity index is 471. The molecule has 2 rings (SSSR count). The molecule has 112 valence electrons. The predicted octanol–water partition coefficient (Wildman–Crippen LogP) is 3.73. The van der Waals surface area contributed by atoms with Gasteiger partial charge in [-0.25, -0.2) is 0 Å². The fourth-order valence-electron chi connectivity index (χ4n) is 2.66. The second-order valence-electron chi connectivity index (χ2n) is 5.91. The summed E-state index contributed by atoms with van der Waals surface area (Å²) in [5, 5.41) is 24.3. The number of hydrogen-bond donors (Lipinski definition) is 3. The number of halogens is 2. The molecule has 3 nitrogen and oxygen atoms in total. The summed E-state index contributed by atoms with van der Waals surface area (Å²) in [5.41, 5.74) is 0.0140. The number of aromatic hydroxyl groups is 1. The molecule has 0 unspecified atom stereocenters. The van der Waals surface area contributed by atoms with Crippen LogP contribution >= 0.6 is 23.2 Å². The van der Waals surface area contributed by atoms with Crippen LogP contribution < -0.4 is 5.32 Å². The van der Waals surface area contributed by atoms with Gasteiger partial charge < -0.3 is 15.5 Å². The van der Waals surface area contributed by atoms with Gasteiger partial charge in [0.15, 0.2) is 0 Å². The number of nitrogens with one attached hydrogen (secondary N) is 1. The Hall–Kier alpha value is -0.480. The van der Waals surface area contributed by atoms with E-state index >= 15 is 0 Å². The van der Waals surface area contributed by atoms with E-state index in [0.717, 1.165) is 25.7 Å². The zero-order valence-electron chi connectivity index (χ0n) is 11.6. The number of benzene rings is 1. The fraction of sp³-hybridized carbons (Fsp3) is 0.600. The van der Waals surface area contributed by atoms with Crippen LogP contribution in [0.15, 0.2) is 12.1 Å². The van der Waals surface area contributed by atoms with Gasteiger partial charge in [0, 0.05) is 23.7 Å². The van der Waals surface area contributed by atoms with Crippen LogP contribution in [0.4, 0.5) is 0 Å². The highest BCUT2D eigenvalue weighted by molar-refractivity contribution is 6.35. The summed E-state index contributed by atoms with van der Waals surface area (Å²) in [6.07, 6.45) is 3.77. The first kappa shape index (κ1) is 15.9. The van der Waals surface area contributed by atoms with Crippen LogP contribution in [0.3, 0.4) is 0 Å². The molecule has 1 saturated carbocycles. The summed E-state index contributed by atoms with van der Waals surface area (Å²) in [6, 6.07) is 3.20. The first-order chi connectivity index (χ1) is 9.39. The van der Waals surface area contributed by atoms with Crippen LogP contribution in [0, 0.1) is 5.92 Å². The maximum absolute atomic E-state index is 10.5. The van der Waals surface area contributed by atoms with Crippen molar-refractivity contribution in [3.05, 3.63) is 27.7 Å². The van der Waals surface area contributed by atoms with E-state index in [2.05, 4.69) is 12.2 Å². The minimum atomic E-state index is -0.634. The topological polar surface area (TPSA) is 52.5 Å². The fourth-order valence-corrected chi connectivity index (χ4v) is 3.20. The highest BCUT2D eigenvalue weighted by atomic mass is 35.5. The van der Waals surface area contributed by atoms with Gasteiger partial charge in [-0.2, -0.15) is 0 Å². The minimum Gasteiger partial charge on any atom is -0.506 e. The number of aliphatic hydroxyl groups is 1. The van der Waals surface area contributed by atoms with E-state index in [0.29, 0.717) is 29.6 Å². The average Bonchev–Trinajstić information content (AvgIpc) is 2.39. The third-order valence-corrected chi connectivity index (χ3v) is 4.59. The zero-order valence-corrected chi connectivity index (χ0v) is 13.1. The van der Waals surface area contributed by atoms with Crippen molar-refractivity contribution in [2.45, 2.75) is 44.8 Å². The molecule has 5 heteroatoms. The summed E-state index contributed by atoms with van der Waals surface area (Å²) >= 11 is 11.8. The summed E-state index contributed by atoms with van der Waals surface area (Å²) in [7, 11) is 0. The molecule has 0 saturated heterocycles. The molecule has 3 N–H and O–H groups in total. The molecule has 0 aromatic heterocycles. The largest absolute Gasteiger partial charge is 0.506 e. The molecule has 0 amide bonds. The Balaban J connectivity index is 1.90. The van der Waals surface area contributed by atoms with Gasteiger partial charge in [-0.05, 0) is 43.7 Å². The molecule has 1 aliphatic carbocycles. The third-order valence-electron chi connectivity index (χ3n) is 4.08. The second-order valence-corrected chi connectivity index (χ2v) is 6.75. The van der Waals surface area contributed by atoms with Gasteiger partial charge in [-0.1, -0.05) is 30.1 Å². The predicted molar refractivity (Wildman–Crippen MR) is 82.4 cm³/mol. The quantitative estimate of drug-likeness (QED) is 0.793. The highest BCUT2D eigenvalue weighted by Gasteiger charge is 2.31. The lowest BCUT2D eigenvalue weighted by Crippen LogP contribution is -2.43. The number of hydrogen-bond acceptors (Lipinski definition) is 3. The lowest BCUT2D eigenvalue weighted by Gasteiger charge is -2.35. The molecule has 1 aliphatic rings. The van der Waals surface area contributed by atoms with Gasteiger partial charge in [0.2, 0.25) is 0 Å². The Morgan fingerprint density at radius 1 is 1.30 bits per heavy atom. The van der Waals surface area contributed by atoms with Crippen molar-refractivity contribution in [1.82, 2.24) is 5.32 Å². The third kappa shape index (κ3) is 4.01. The van der Waals surface area contributed by atoms with Crippen molar-refractivity contribution < 1.29 is 10.2 Å². The Morgan fingerprint density at radius 2 is 1.95 bits per heavy atom. The Labute approximate surface area is 129 Å². The van der Waals surface area contributed by atoms with Crippen LogP contribution in [0.2, 0.25) is 10.0 Å². The van der Waals surface area contributed by atoms with Crippen molar-refractivity contribution in [1.29, 1.82) is 0 Å². The molecule has 20 heavy (non-hydrogen) atoms. The van der Waals surface area contributed by atoms with E-state index in [1.165, 1.54) is 6.07 Å².